The minimum Gasteiger partial charge on any atom is -0.366 e. The zero-order valence-corrected chi connectivity index (χ0v) is 9.58. The molecule has 1 aromatic rings. The Morgan fingerprint density at radius 3 is 2.47 bits per heavy atom. The lowest BCUT2D eigenvalue weighted by Gasteiger charge is -2.27. The quantitative estimate of drug-likeness (QED) is 0.821. The number of hydrogen-bond donors (Lipinski definition) is 1. The lowest BCUT2D eigenvalue weighted by atomic mass is 9.78. The van der Waals surface area contributed by atoms with Gasteiger partial charge in [0.05, 0.1) is 5.56 Å². The minimum atomic E-state index is -0.418. The van der Waals surface area contributed by atoms with E-state index in [1.807, 2.05) is 12.3 Å². The Labute approximate surface area is 90.7 Å². The van der Waals surface area contributed by atoms with E-state index in [0.29, 0.717) is 5.56 Å². The first-order valence-corrected chi connectivity index (χ1v) is 5.29. The molecule has 2 N–H and O–H groups in total. The number of amides is 1. The SMILES string of the molecule is CCC(C)(CC)c1cncc(C(N)=O)c1. The van der Waals surface area contributed by atoms with Crippen molar-refractivity contribution in [2.24, 2.45) is 5.73 Å². The van der Waals surface area contributed by atoms with Gasteiger partial charge in [-0.3, -0.25) is 9.78 Å². The molecule has 0 aliphatic heterocycles. The molecule has 1 rings (SSSR count). The molecule has 15 heavy (non-hydrogen) atoms. The van der Waals surface area contributed by atoms with Crippen molar-refractivity contribution in [2.45, 2.75) is 39.0 Å². The van der Waals surface area contributed by atoms with Crippen LogP contribution >= 0.6 is 0 Å². The molecule has 82 valence electrons. The number of aromatic nitrogens is 1. The lowest BCUT2D eigenvalue weighted by molar-refractivity contribution is 0.0999. The third kappa shape index (κ3) is 2.35. The van der Waals surface area contributed by atoms with Gasteiger partial charge >= 0.3 is 0 Å². The Morgan fingerprint density at radius 1 is 1.40 bits per heavy atom. The Morgan fingerprint density at radius 2 is 2.00 bits per heavy atom. The topological polar surface area (TPSA) is 56.0 Å². The number of primary amides is 1. The van der Waals surface area contributed by atoms with E-state index >= 15 is 0 Å². The average molecular weight is 206 g/mol. The fourth-order valence-corrected chi connectivity index (χ4v) is 1.56. The van der Waals surface area contributed by atoms with Crippen molar-refractivity contribution >= 4 is 5.91 Å². The molecular formula is C12H18N2O. The summed E-state index contributed by atoms with van der Waals surface area (Å²) >= 11 is 0. The first-order chi connectivity index (χ1) is 7.03. The summed E-state index contributed by atoms with van der Waals surface area (Å²) < 4.78 is 0. The highest BCUT2D eigenvalue weighted by Gasteiger charge is 2.23. The average Bonchev–Trinajstić information content (AvgIpc) is 2.28. The first-order valence-electron chi connectivity index (χ1n) is 5.29. The van der Waals surface area contributed by atoms with Crippen molar-refractivity contribution in [2.75, 3.05) is 0 Å². The van der Waals surface area contributed by atoms with E-state index in [-0.39, 0.29) is 5.41 Å². The molecule has 3 heteroatoms. The van der Waals surface area contributed by atoms with Crippen LogP contribution < -0.4 is 5.73 Å². The summed E-state index contributed by atoms with van der Waals surface area (Å²) in [6.45, 7) is 6.45. The van der Waals surface area contributed by atoms with Crippen LogP contribution in [0.5, 0.6) is 0 Å². The van der Waals surface area contributed by atoms with Crippen LogP contribution in [-0.4, -0.2) is 10.9 Å². The molecule has 0 spiro atoms. The molecule has 0 unspecified atom stereocenters. The molecule has 0 saturated heterocycles. The second kappa shape index (κ2) is 4.43. The van der Waals surface area contributed by atoms with E-state index in [4.69, 9.17) is 5.73 Å². The van der Waals surface area contributed by atoms with E-state index in [2.05, 4.69) is 25.8 Å². The smallest absolute Gasteiger partial charge is 0.250 e. The molecule has 0 aliphatic carbocycles. The van der Waals surface area contributed by atoms with Gasteiger partial charge in [-0.15, -0.1) is 0 Å². The van der Waals surface area contributed by atoms with Crippen molar-refractivity contribution in [1.29, 1.82) is 0 Å². The van der Waals surface area contributed by atoms with Gasteiger partial charge in [-0.2, -0.15) is 0 Å². The zero-order chi connectivity index (χ0) is 11.5. The Balaban J connectivity index is 3.14. The second-order valence-electron chi connectivity index (χ2n) is 4.09. The van der Waals surface area contributed by atoms with E-state index in [9.17, 15) is 4.79 Å². The maximum Gasteiger partial charge on any atom is 0.250 e. The predicted octanol–water partition coefficient (Wildman–Crippen LogP) is 2.26. The van der Waals surface area contributed by atoms with Gasteiger partial charge in [-0.1, -0.05) is 20.8 Å². The fraction of sp³-hybridized carbons (Fsp3) is 0.500. The van der Waals surface area contributed by atoms with Crippen LogP contribution in [-0.2, 0) is 5.41 Å². The number of nitrogens with two attached hydrogens (primary N) is 1. The van der Waals surface area contributed by atoms with Gasteiger partial charge in [-0.05, 0) is 29.9 Å². The Kier molecular flexibility index (Phi) is 3.45. The largest absolute Gasteiger partial charge is 0.366 e. The number of hydrogen-bond acceptors (Lipinski definition) is 2. The van der Waals surface area contributed by atoms with Gasteiger partial charge in [0.25, 0.3) is 0 Å². The van der Waals surface area contributed by atoms with Crippen LogP contribution in [0.1, 0.15) is 49.5 Å². The number of carbonyl (C=O) groups is 1. The van der Waals surface area contributed by atoms with Gasteiger partial charge < -0.3 is 5.73 Å². The van der Waals surface area contributed by atoms with Crippen LogP contribution in [0.4, 0.5) is 0 Å². The molecular weight excluding hydrogens is 188 g/mol. The number of carbonyl (C=O) groups excluding carboxylic acids is 1. The molecule has 0 radical (unpaired) electrons. The third-order valence-electron chi connectivity index (χ3n) is 3.28. The molecule has 1 heterocycles. The summed E-state index contributed by atoms with van der Waals surface area (Å²) in [4.78, 5) is 15.1. The summed E-state index contributed by atoms with van der Waals surface area (Å²) in [5.41, 5.74) is 6.89. The fourth-order valence-electron chi connectivity index (χ4n) is 1.56. The first kappa shape index (κ1) is 11.7. The van der Waals surface area contributed by atoms with Crippen molar-refractivity contribution < 1.29 is 4.79 Å². The lowest BCUT2D eigenvalue weighted by Crippen LogP contribution is -2.21. The van der Waals surface area contributed by atoms with E-state index in [1.54, 1.807) is 0 Å². The Bertz CT molecular complexity index is 356. The molecule has 0 aliphatic rings. The molecule has 1 amide bonds. The second-order valence-corrected chi connectivity index (χ2v) is 4.09. The summed E-state index contributed by atoms with van der Waals surface area (Å²) in [6.07, 6.45) is 5.37. The van der Waals surface area contributed by atoms with Crippen LogP contribution in [0.25, 0.3) is 0 Å². The van der Waals surface area contributed by atoms with Gasteiger partial charge in [0, 0.05) is 12.4 Å². The normalized spacial score (nSPS) is 11.4. The van der Waals surface area contributed by atoms with Crippen molar-refractivity contribution in [3.05, 3.63) is 29.6 Å². The van der Waals surface area contributed by atoms with Crippen LogP contribution in [0.2, 0.25) is 0 Å². The maximum absolute atomic E-state index is 11.0. The maximum atomic E-state index is 11.0. The monoisotopic (exact) mass is 206 g/mol. The van der Waals surface area contributed by atoms with Gasteiger partial charge in [0.2, 0.25) is 5.91 Å². The summed E-state index contributed by atoms with van der Waals surface area (Å²) in [6, 6.07) is 1.85. The highest BCUT2D eigenvalue weighted by atomic mass is 16.1. The van der Waals surface area contributed by atoms with Crippen LogP contribution in [0, 0.1) is 0 Å². The van der Waals surface area contributed by atoms with Crippen molar-refractivity contribution in [3.63, 3.8) is 0 Å². The molecule has 0 bridgehead atoms. The van der Waals surface area contributed by atoms with Crippen LogP contribution in [0.3, 0.4) is 0 Å². The Hall–Kier alpha value is -1.38. The summed E-state index contributed by atoms with van der Waals surface area (Å²) in [5.74, 6) is -0.418. The van der Waals surface area contributed by atoms with Crippen LogP contribution in [0.15, 0.2) is 18.5 Å². The summed E-state index contributed by atoms with van der Waals surface area (Å²) in [7, 11) is 0. The van der Waals surface area contributed by atoms with Gasteiger partial charge in [-0.25, -0.2) is 0 Å². The molecule has 1 aromatic heterocycles. The van der Waals surface area contributed by atoms with Gasteiger partial charge in [0.1, 0.15) is 0 Å². The zero-order valence-electron chi connectivity index (χ0n) is 9.58. The summed E-state index contributed by atoms with van der Waals surface area (Å²) in [5, 5.41) is 0. The van der Waals surface area contributed by atoms with Gasteiger partial charge in [0.15, 0.2) is 0 Å². The number of nitrogens with zero attached hydrogens (tertiary/aromatic N) is 1. The predicted molar refractivity (Wildman–Crippen MR) is 60.7 cm³/mol. The molecule has 0 saturated carbocycles. The van der Waals surface area contributed by atoms with E-state index in [0.717, 1.165) is 18.4 Å². The van der Waals surface area contributed by atoms with E-state index in [1.165, 1.54) is 6.20 Å². The van der Waals surface area contributed by atoms with E-state index < -0.39 is 5.91 Å². The molecule has 3 nitrogen and oxygen atoms in total. The third-order valence-corrected chi connectivity index (χ3v) is 3.28. The van der Waals surface area contributed by atoms with Crippen molar-refractivity contribution in [3.8, 4) is 0 Å². The molecule has 0 atom stereocenters. The number of rotatable bonds is 4. The highest BCUT2D eigenvalue weighted by molar-refractivity contribution is 5.92. The number of pyridine rings is 1. The minimum absolute atomic E-state index is 0.0818. The molecule has 0 fully saturated rings. The highest BCUT2D eigenvalue weighted by Crippen LogP contribution is 2.30. The van der Waals surface area contributed by atoms with Crippen molar-refractivity contribution in [1.82, 2.24) is 4.98 Å². The standard InChI is InChI=1S/C12H18N2O/c1-4-12(3,5-2)10-6-9(11(13)15)7-14-8-10/h6-8H,4-5H2,1-3H3,(H2,13,15). The molecule has 0 aromatic carbocycles.